The number of hydrogen-bond donors (Lipinski definition) is 0. The molecule has 0 aromatic rings. The summed E-state index contributed by atoms with van der Waals surface area (Å²) in [5.41, 5.74) is 0.266. The van der Waals surface area contributed by atoms with E-state index in [1.54, 1.807) is 0 Å². The van der Waals surface area contributed by atoms with Crippen LogP contribution in [0.25, 0.3) is 0 Å². The first-order valence-electron chi connectivity index (χ1n) is 2.74. The second kappa shape index (κ2) is 2.72. The van der Waals surface area contributed by atoms with E-state index in [2.05, 4.69) is 44.9 Å². The van der Waals surface area contributed by atoms with Crippen LogP contribution in [0.4, 0.5) is 0 Å². The lowest BCUT2D eigenvalue weighted by Gasteiger charge is -2.35. The molecule has 0 aromatic carbocycles. The average molecular weight is 256 g/mol. The summed E-state index contributed by atoms with van der Waals surface area (Å²) >= 11 is 6.61. The molecule has 1 nitrogen and oxygen atoms in total. The van der Waals surface area contributed by atoms with Gasteiger partial charge < -0.3 is 4.74 Å². The highest BCUT2D eigenvalue weighted by Crippen LogP contribution is 2.32. The molecule has 52 valence electrons. The maximum Gasteiger partial charge on any atom is 0.0577 e. The van der Waals surface area contributed by atoms with Crippen molar-refractivity contribution in [2.45, 2.75) is 6.92 Å². The Labute approximate surface area is 71.7 Å². The molecule has 1 fully saturated rings. The molecule has 1 heterocycles. The number of halogens is 2. The van der Waals surface area contributed by atoms with Gasteiger partial charge in [-0.3, -0.25) is 0 Å². The van der Waals surface area contributed by atoms with Crippen LogP contribution < -0.4 is 0 Å². The fourth-order valence-corrected chi connectivity index (χ4v) is 1.88. The Kier molecular flexibility index (Phi) is 2.35. The molecule has 1 saturated heterocycles. The molecule has 1 aliphatic rings. The van der Waals surface area contributed by atoms with Crippen molar-refractivity contribution in [3.63, 3.8) is 0 Å². The topological polar surface area (TPSA) is 9.23 Å². The van der Waals surface area contributed by atoms with E-state index in [-0.39, 0.29) is 5.41 Å². The Balaban J connectivity index is 2.51. The second-order valence-electron chi connectivity index (χ2n) is 2.58. The molecule has 0 saturated carbocycles. The summed E-state index contributed by atoms with van der Waals surface area (Å²) < 4.78 is 6.07. The summed E-state index contributed by atoms with van der Waals surface area (Å²) in [6.07, 6.45) is 2.12. The van der Waals surface area contributed by atoms with Gasteiger partial charge in [-0.2, -0.15) is 0 Å². The van der Waals surface area contributed by atoms with Crippen LogP contribution in [0.3, 0.4) is 0 Å². The number of ether oxygens (including phenoxy) is 1. The van der Waals surface area contributed by atoms with Crippen LogP contribution in [0, 0.1) is 5.41 Å². The average Bonchev–Trinajstić information content (AvgIpc) is 1.60. The van der Waals surface area contributed by atoms with Gasteiger partial charge in [0.05, 0.1) is 16.6 Å². The van der Waals surface area contributed by atoms with Crippen LogP contribution in [0.5, 0.6) is 0 Å². The molecule has 0 amide bonds. The molecule has 0 N–H and O–H groups in total. The summed E-state index contributed by atoms with van der Waals surface area (Å²) in [6.45, 7) is 3.85. The monoisotopic (exact) mass is 254 g/mol. The van der Waals surface area contributed by atoms with Crippen LogP contribution in [0.1, 0.15) is 6.92 Å². The number of hydrogen-bond acceptors (Lipinski definition) is 1. The fraction of sp³-hybridized carbons (Fsp3) is 0.667. The zero-order valence-corrected chi connectivity index (χ0v) is 8.33. The van der Waals surface area contributed by atoms with Gasteiger partial charge in [-0.05, 0) is 31.9 Å². The molecule has 0 aliphatic carbocycles. The quantitative estimate of drug-likeness (QED) is 0.700. The SMILES string of the molecule is CC1(C=C(Br)Br)COC1. The van der Waals surface area contributed by atoms with Crippen molar-refractivity contribution in [2.75, 3.05) is 13.2 Å². The van der Waals surface area contributed by atoms with E-state index in [1.807, 2.05) is 0 Å². The van der Waals surface area contributed by atoms with Gasteiger partial charge in [-0.25, -0.2) is 0 Å². The van der Waals surface area contributed by atoms with Crippen molar-refractivity contribution in [1.29, 1.82) is 0 Å². The van der Waals surface area contributed by atoms with E-state index in [1.165, 1.54) is 0 Å². The van der Waals surface area contributed by atoms with Gasteiger partial charge in [0.2, 0.25) is 0 Å². The molecular weight excluding hydrogens is 248 g/mol. The third-order valence-electron chi connectivity index (χ3n) is 1.32. The lowest BCUT2D eigenvalue weighted by molar-refractivity contribution is -0.0707. The van der Waals surface area contributed by atoms with Gasteiger partial charge >= 0.3 is 0 Å². The Morgan fingerprint density at radius 3 is 2.22 bits per heavy atom. The molecule has 0 radical (unpaired) electrons. The molecule has 0 unspecified atom stereocenters. The highest BCUT2D eigenvalue weighted by molar-refractivity contribution is 9.28. The van der Waals surface area contributed by atoms with Crippen LogP contribution >= 0.6 is 31.9 Å². The van der Waals surface area contributed by atoms with Gasteiger partial charge in [0, 0.05) is 5.41 Å². The Hall–Kier alpha value is 0.660. The molecule has 0 atom stereocenters. The van der Waals surface area contributed by atoms with Crippen molar-refractivity contribution in [3.8, 4) is 0 Å². The van der Waals surface area contributed by atoms with Gasteiger partial charge in [-0.1, -0.05) is 13.0 Å². The molecule has 1 rings (SSSR count). The highest BCUT2D eigenvalue weighted by Gasteiger charge is 2.30. The molecule has 1 aliphatic heterocycles. The first-order chi connectivity index (χ1) is 4.12. The lowest BCUT2D eigenvalue weighted by Crippen LogP contribution is -2.37. The Bertz CT molecular complexity index is 134. The van der Waals surface area contributed by atoms with Crippen molar-refractivity contribution in [2.24, 2.45) is 5.41 Å². The van der Waals surface area contributed by atoms with E-state index >= 15 is 0 Å². The van der Waals surface area contributed by atoms with Gasteiger partial charge in [0.1, 0.15) is 0 Å². The Morgan fingerprint density at radius 2 is 2.11 bits per heavy atom. The summed E-state index contributed by atoms with van der Waals surface area (Å²) in [4.78, 5) is 0. The molecule has 3 heteroatoms. The first kappa shape index (κ1) is 7.76. The van der Waals surface area contributed by atoms with Crippen LogP contribution in [0.2, 0.25) is 0 Å². The third kappa shape index (κ3) is 2.06. The normalized spacial score (nSPS) is 22.6. The summed E-state index contributed by atoms with van der Waals surface area (Å²) in [5, 5.41) is 0. The van der Waals surface area contributed by atoms with Crippen LogP contribution in [-0.4, -0.2) is 13.2 Å². The predicted molar refractivity (Wildman–Crippen MR) is 44.9 cm³/mol. The Morgan fingerprint density at radius 1 is 1.56 bits per heavy atom. The smallest absolute Gasteiger partial charge is 0.0577 e. The maximum atomic E-state index is 5.05. The number of rotatable bonds is 1. The van der Waals surface area contributed by atoms with E-state index < -0.39 is 0 Å². The lowest BCUT2D eigenvalue weighted by atomic mass is 9.89. The molecular formula is C6H8Br2O. The maximum absolute atomic E-state index is 5.05. The summed E-state index contributed by atoms with van der Waals surface area (Å²) in [5.74, 6) is 0. The van der Waals surface area contributed by atoms with Crippen molar-refractivity contribution >= 4 is 31.9 Å². The standard InChI is InChI=1S/C6H8Br2O/c1-6(2-5(7)8)3-9-4-6/h2H,3-4H2,1H3. The predicted octanol–water partition coefficient (Wildman–Crippen LogP) is 2.65. The van der Waals surface area contributed by atoms with Crippen molar-refractivity contribution in [1.82, 2.24) is 0 Å². The van der Waals surface area contributed by atoms with Gasteiger partial charge in [0.15, 0.2) is 0 Å². The second-order valence-corrected chi connectivity index (χ2v) is 5.35. The first-order valence-corrected chi connectivity index (χ1v) is 4.33. The van der Waals surface area contributed by atoms with Crippen molar-refractivity contribution in [3.05, 3.63) is 9.47 Å². The molecule has 0 aromatic heterocycles. The zero-order valence-electron chi connectivity index (χ0n) is 5.16. The summed E-state index contributed by atoms with van der Waals surface area (Å²) in [6, 6.07) is 0. The summed E-state index contributed by atoms with van der Waals surface area (Å²) in [7, 11) is 0. The molecule has 9 heavy (non-hydrogen) atoms. The minimum Gasteiger partial charge on any atom is -0.379 e. The van der Waals surface area contributed by atoms with Crippen molar-refractivity contribution < 1.29 is 4.74 Å². The van der Waals surface area contributed by atoms with E-state index in [9.17, 15) is 0 Å². The van der Waals surface area contributed by atoms with Crippen LogP contribution in [-0.2, 0) is 4.74 Å². The fourth-order valence-electron chi connectivity index (χ4n) is 0.771. The van der Waals surface area contributed by atoms with Gasteiger partial charge in [-0.15, -0.1) is 0 Å². The van der Waals surface area contributed by atoms with E-state index in [0.717, 1.165) is 16.6 Å². The molecule has 0 bridgehead atoms. The zero-order chi connectivity index (χ0) is 6.91. The van der Waals surface area contributed by atoms with Gasteiger partial charge in [0.25, 0.3) is 0 Å². The largest absolute Gasteiger partial charge is 0.379 e. The minimum atomic E-state index is 0.266. The van der Waals surface area contributed by atoms with Crippen LogP contribution in [0.15, 0.2) is 9.47 Å². The third-order valence-corrected chi connectivity index (χ3v) is 1.78. The van der Waals surface area contributed by atoms with E-state index in [0.29, 0.717) is 0 Å². The minimum absolute atomic E-state index is 0.266. The highest BCUT2D eigenvalue weighted by atomic mass is 79.9. The van der Waals surface area contributed by atoms with E-state index in [4.69, 9.17) is 4.74 Å². The molecule has 0 spiro atoms.